The van der Waals surface area contributed by atoms with E-state index in [1.54, 1.807) is 6.20 Å². The van der Waals surface area contributed by atoms with Crippen LogP contribution in [0.1, 0.15) is 43.7 Å². The van der Waals surface area contributed by atoms with Gasteiger partial charge in [0.2, 0.25) is 10.0 Å². The molecule has 3 rings (SSSR count). The SMILES string of the molecule is CCCn1nccc1-c1cc(C)nc([C@@H]2CCCN2S(C)(=O)=O)n1. The molecule has 0 spiro atoms. The maximum absolute atomic E-state index is 12.0. The third-order valence-corrected chi connectivity index (χ3v) is 5.50. The van der Waals surface area contributed by atoms with Gasteiger partial charge >= 0.3 is 0 Å². The summed E-state index contributed by atoms with van der Waals surface area (Å²) >= 11 is 0. The Kier molecular flexibility index (Phi) is 4.69. The second-order valence-corrected chi connectivity index (χ2v) is 8.16. The molecular formula is C16H23N5O2S. The number of aromatic nitrogens is 4. The molecule has 1 aliphatic heterocycles. The summed E-state index contributed by atoms with van der Waals surface area (Å²) in [6, 6.07) is 3.58. The molecule has 2 aromatic rings. The van der Waals surface area contributed by atoms with Crippen LogP contribution >= 0.6 is 0 Å². The molecule has 0 saturated carbocycles. The highest BCUT2D eigenvalue weighted by Crippen LogP contribution is 2.33. The van der Waals surface area contributed by atoms with Crippen LogP contribution < -0.4 is 0 Å². The van der Waals surface area contributed by atoms with E-state index in [9.17, 15) is 8.42 Å². The van der Waals surface area contributed by atoms with E-state index in [-0.39, 0.29) is 6.04 Å². The summed E-state index contributed by atoms with van der Waals surface area (Å²) in [6.45, 7) is 5.36. The Bertz CT molecular complexity index is 831. The summed E-state index contributed by atoms with van der Waals surface area (Å²) < 4.78 is 27.5. The monoisotopic (exact) mass is 349 g/mol. The van der Waals surface area contributed by atoms with Crippen molar-refractivity contribution in [3.63, 3.8) is 0 Å². The summed E-state index contributed by atoms with van der Waals surface area (Å²) in [7, 11) is -3.26. The smallest absolute Gasteiger partial charge is 0.211 e. The molecule has 24 heavy (non-hydrogen) atoms. The Morgan fingerprint density at radius 3 is 2.83 bits per heavy atom. The lowest BCUT2D eigenvalue weighted by molar-refractivity contribution is 0.386. The van der Waals surface area contributed by atoms with Crippen molar-refractivity contribution in [1.82, 2.24) is 24.1 Å². The Morgan fingerprint density at radius 1 is 1.33 bits per heavy atom. The lowest BCUT2D eigenvalue weighted by Gasteiger charge is -2.21. The number of sulfonamides is 1. The van der Waals surface area contributed by atoms with E-state index in [4.69, 9.17) is 0 Å². The Hall–Kier alpha value is -1.80. The van der Waals surface area contributed by atoms with Gasteiger partial charge in [-0.2, -0.15) is 9.40 Å². The van der Waals surface area contributed by atoms with Gasteiger partial charge in [-0.3, -0.25) is 4.68 Å². The van der Waals surface area contributed by atoms with Crippen LogP contribution in [0.4, 0.5) is 0 Å². The first-order valence-electron chi connectivity index (χ1n) is 8.24. The van der Waals surface area contributed by atoms with Crippen molar-refractivity contribution >= 4 is 10.0 Å². The fraction of sp³-hybridized carbons (Fsp3) is 0.562. The van der Waals surface area contributed by atoms with E-state index in [2.05, 4.69) is 22.0 Å². The Morgan fingerprint density at radius 2 is 2.12 bits per heavy atom. The molecule has 0 radical (unpaired) electrons. The molecule has 2 aromatic heterocycles. The van der Waals surface area contributed by atoms with E-state index in [1.807, 2.05) is 23.7 Å². The summed E-state index contributed by atoms with van der Waals surface area (Å²) in [5.41, 5.74) is 2.57. The predicted molar refractivity (Wildman–Crippen MR) is 91.8 cm³/mol. The van der Waals surface area contributed by atoms with Crippen molar-refractivity contribution in [3.8, 4) is 11.4 Å². The second kappa shape index (κ2) is 6.60. The van der Waals surface area contributed by atoms with Gasteiger partial charge in [0.25, 0.3) is 0 Å². The lowest BCUT2D eigenvalue weighted by Crippen LogP contribution is -2.30. The first-order chi connectivity index (χ1) is 11.4. The average molecular weight is 349 g/mol. The van der Waals surface area contributed by atoms with Crippen molar-refractivity contribution in [2.24, 2.45) is 0 Å². The molecule has 0 unspecified atom stereocenters. The molecular weight excluding hydrogens is 326 g/mol. The first kappa shape index (κ1) is 17.0. The minimum absolute atomic E-state index is 0.277. The molecule has 0 amide bonds. The molecule has 7 nitrogen and oxygen atoms in total. The highest BCUT2D eigenvalue weighted by molar-refractivity contribution is 7.88. The Labute approximate surface area is 142 Å². The maximum atomic E-state index is 12.0. The third-order valence-electron chi connectivity index (χ3n) is 4.21. The van der Waals surface area contributed by atoms with Crippen LogP contribution in [0.5, 0.6) is 0 Å². The molecule has 0 aromatic carbocycles. The predicted octanol–water partition coefficient (Wildman–Crippen LogP) is 2.16. The van der Waals surface area contributed by atoms with Gasteiger partial charge in [-0.25, -0.2) is 18.4 Å². The van der Waals surface area contributed by atoms with E-state index in [0.29, 0.717) is 12.4 Å². The molecule has 0 N–H and O–H groups in total. The van der Waals surface area contributed by atoms with Crippen LogP contribution in [0.15, 0.2) is 18.3 Å². The summed E-state index contributed by atoms with van der Waals surface area (Å²) in [5, 5.41) is 4.34. The molecule has 1 saturated heterocycles. The maximum Gasteiger partial charge on any atom is 0.211 e. The summed E-state index contributed by atoms with van der Waals surface area (Å²) in [4.78, 5) is 9.20. The van der Waals surface area contributed by atoms with Gasteiger partial charge in [-0.1, -0.05) is 6.92 Å². The average Bonchev–Trinajstić information content (AvgIpc) is 3.15. The number of rotatable bonds is 5. The zero-order valence-corrected chi connectivity index (χ0v) is 15.1. The molecule has 1 aliphatic rings. The second-order valence-electron chi connectivity index (χ2n) is 6.22. The van der Waals surface area contributed by atoms with Gasteiger partial charge in [-0.05, 0) is 38.3 Å². The van der Waals surface area contributed by atoms with Crippen LogP contribution in [0.2, 0.25) is 0 Å². The number of hydrogen-bond acceptors (Lipinski definition) is 5. The van der Waals surface area contributed by atoms with E-state index >= 15 is 0 Å². The van der Waals surface area contributed by atoms with Crippen LogP contribution in [-0.2, 0) is 16.6 Å². The number of aryl methyl sites for hydroxylation is 2. The first-order valence-corrected chi connectivity index (χ1v) is 10.1. The molecule has 8 heteroatoms. The van der Waals surface area contributed by atoms with Gasteiger partial charge in [0, 0.05) is 25.0 Å². The molecule has 3 heterocycles. The van der Waals surface area contributed by atoms with Crippen molar-refractivity contribution in [2.45, 2.75) is 45.7 Å². The largest absolute Gasteiger partial charge is 0.263 e. The van der Waals surface area contributed by atoms with Gasteiger partial charge in [0.15, 0.2) is 0 Å². The number of nitrogens with zero attached hydrogens (tertiary/aromatic N) is 5. The van der Waals surface area contributed by atoms with E-state index < -0.39 is 10.0 Å². The lowest BCUT2D eigenvalue weighted by atomic mass is 10.2. The fourth-order valence-electron chi connectivity index (χ4n) is 3.21. The van der Waals surface area contributed by atoms with Crippen molar-refractivity contribution in [1.29, 1.82) is 0 Å². The fourth-order valence-corrected chi connectivity index (χ4v) is 4.33. The topological polar surface area (TPSA) is 81.0 Å². The Balaban J connectivity index is 2.02. The standard InChI is InChI=1S/C16H23N5O2S/c1-4-9-20-14(7-8-17-20)13-11-12(2)18-16(19-13)15-6-5-10-21(15)24(3,22)23/h7-8,11,15H,4-6,9-10H2,1-3H3/t15-/m0/s1. The van der Waals surface area contributed by atoms with Gasteiger partial charge in [0.1, 0.15) is 5.82 Å². The van der Waals surface area contributed by atoms with Crippen LogP contribution in [0.3, 0.4) is 0 Å². The summed E-state index contributed by atoms with van der Waals surface area (Å²) in [6.07, 6.45) is 5.58. The third kappa shape index (κ3) is 3.34. The zero-order chi connectivity index (χ0) is 17.3. The molecule has 1 atom stereocenters. The quantitative estimate of drug-likeness (QED) is 0.826. The van der Waals surface area contributed by atoms with Gasteiger partial charge in [0.05, 0.1) is 23.7 Å². The van der Waals surface area contributed by atoms with Gasteiger partial charge in [-0.15, -0.1) is 0 Å². The van der Waals surface area contributed by atoms with Crippen molar-refractivity contribution < 1.29 is 8.42 Å². The number of hydrogen-bond donors (Lipinski definition) is 0. The molecule has 130 valence electrons. The molecule has 1 fully saturated rings. The molecule has 0 bridgehead atoms. The van der Waals surface area contributed by atoms with E-state index in [0.717, 1.165) is 42.9 Å². The normalized spacial score (nSPS) is 19.0. The van der Waals surface area contributed by atoms with E-state index in [1.165, 1.54) is 10.6 Å². The van der Waals surface area contributed by atoms with Crippen LogP contribution in [-0.4, -0.2) is 45.3 Å². The summed E-state index contributed by atoms with van der Waals surface area (Å²) in [5.74, 6) is 0.581. The van der Waals surface area contributed by atoms with Gasteiger partial charge < -0.3 is 0 Å². The molecule has 0 aliphatic carbocycles. The highest BCUT2D eigenvalue weighted by Gasteiger charge is 2.34. The van der Waals surface area contributed by atoms with Crippen molar-refractivity contribution in [3.05, 3.63) is 29.8 Å². The minimum atomic E-state index is -3.26. The minimum Gasteiger partial charge on any atom is -0.263 e. The highest BCUT2D eigenvalue weighted by atomic mass is 32.2. The van der Waals surface area contributed by atoms with Crippen molar-refractivity contribution in [2.75, 3.05) is 12.8 Å². The van der Waals surface area contributed by atoms with Crippen LogP contribution in [0.25, 0.3) is 11.4 Å². The van der Waals surface area contributed by atoms with Crippen LogP contribution in [0, 0.1) is 6.92 Å². The zero-order valence-electron chi connectivity index (χ0n) is 14.3.